The minimum Gasteiger partial charge on any atom is -0.0616 e. The molecule has 0 fully saturated rings. The van der Waals surface area contributed by atoms with Gasteiger partial charge in [-0.25, -0.2) is 0 Å². The molecule has 1 aliphatic carbocycles. The lowest BCUT2D eigenvalue weighted by Crippen LogP contribution is -2.14. The molecule has 0 saturated heterocycles. The van der Waals surface area contributed by atoms with Crippen molar-refractivity contribution in [2.75, 3.05) is 0 Å². The Balaban J connectivity index is 1.07. The average molecular weight is 699 g/mol. The predicted octanol–water partition coefficient (Wildman–Crippen LogP) is 15.3. The molecule has 0 saturated carbocycles. The second-order valence-corrected chi connectivity index (χ2v) is 15.6. The van der Waals surface area contributed by atoms with E-state index in [1.54, 1.807) is 0 Å². The van der Waals surface area contributed by atoms with Gasteiger partial charge in [-0.05, 0) is 128 Å². The summed E-state index contributed by atoms with van der Waals surface area (Å²) < 4.78 is 0. The van der Waals surface area contributed by atoms with Crippen LogP contribution in [0.5, 0.6) is 0 Å². The number of rotatable bonds is 4. The lowest BCUT2D eigenvalue weighted by atomic mass is 9.81. The van der Waals surface area contributed by atoms with E-state index in [2.05, 4.69) is 208 Å². The largest absolute Gasteiger partial charge is 0.0616 e. The summed E-state index contributed by atoms with van der Waals surface area (Å²) in [5.41, 5.74) is 15.5. The van der Waals surface area contributed by atoms with Gasteiger partial charge < -0.3 is 0 Å². The molecule has 0 radical (unpaired) electrons. The average Bonchev–Trinajstić information content (AvgIpc) is 3.46. The Morgan fingerprint density at radius 3 is 1.45 bits per heavy atom. The van der Waals surface area contributed by atoms with Crippen molar-refractivity contribution in [1.29, 1.82) is 0 Å². The molecule has 1 aliphatic rings. The molecule has 11 rings (SSSR count). The Bertz CT molecular complexity index is 3100. The van der Waals surface area contributed by atoms with Crippen LogP contribution in [0, 0.1) is 0 Å². The molecule has 0 N–H and O–H groups in total. The summed E-state index contributed by atoms with van der Waals surface area (Å²) in [5, 5.41) is 10.2. The molecule has 0 aromatic heterocycles. The minimum absolute atomic E-state index is 0.0708. The van der Waals surface area contributed by atoms with Crippen LogP contribution >= 0.6 is 0 Å². The molecule has 0 unspecified atom stereocenters. The molecule has 0 spiro atoms. The Hall–Kier alpha value is -6.76. The normalized spacial score (nSPS) is 13.1. The molecule has 10 aromatic carbocycles. The molecular formula is C55H38. The maximum atomic E-state index is 2.41. The van der Waals surface area contributed by atoms with Crippen molar-refractivity contribution in [3.8, 4) is 55.6 Å². The molecule has 0 nitrogen and oxygen atoms in total. The van der Waals surface area contributed by atoms with E-state index in [-0.39, 0.29) is 5.41 Å². The molecular weight excluding hydrogens is 661 g/mol. The summed E-state index contributed by atoms with van der Waals surface area (Å²) in [4.78, 5) is 0. The highest BCUT2D eigenvalue weighted by molar-refractivity contribution is 6.21. The van der Waals surface area contributed by atoms with Gasteiger partial charge in [-0.3, -0.25) is 0 Å². The third-order valence-corrected chi connectivity index (χ3v) is 12.2. The van der Waals surface area contributed by atoms with E-state index in [0.29, 0.717) is 0 Å². The van der Waals surface area contributed by atoms with E-state index in [1.807, 2.05) is 0 Å². The zero-order chi connectivity index (χ0) is 36.7. The van der Waals surface area contributed by atoms with Crippen LogP contribution in [0.3, 0.4) is 0 Å². The molecule has 10 aromatic rings. The fourth-order valence-electron chi connectivity index (χ4n) is 9.60. The van der Waals surface area contributed by atoms with Crippen molar-refractivity contribution in [3.05, 3.63) is 205 Å². The maximum Gasteiger partial charge on any atom is 0.0159 e. The highest BCUT2D eigenvalue weighted by Crippen LogP contribution is 2.53. The van der Waals surface area contributed by atoms with Gasteiger partial charge in [-0.15, -0.1) is 0 Å². The second kappa shape index (κ2) is 12.1. The van der Waals surface area contributed by atoms with Gasteiger partial charge in [-0.1, -0.05) is 190 Å². The molecule has 0 bridgehead atoms. The monoisotopic (exact) mass is 698 g/mol. The molecule has 0 heterocycles. The van der Waals surface area contributed by atoms with Crippen molar-refractivity contribution in [1.82, 2.24) is 0 Å². The van der Waals surface area contributed by atoms with Crippen LogP contribution in [0.25, 0.3) is 98.7 Å². The van der Waals surface area contributed by atoms with Crippen LogP contribution < -0.4 is 0 Å². The highest BCUT2D eigenvalue weighted by Gasteiger charge is 2.37. The smallest absolute Gasteiger partial charge is 0.0159 e. The fraction of sp³-hybridized carbons (Fsp3) is 0.0545. The summed E-state index contributed by atoms with van der Waals surface area (Å²) in [6.45, 7) is 4.75. The lowest BCUT2D eigenvalue weighted by molar-refractivity contribution is 0.661. The van der Waals surface area contributed by atoms with Crippen LogP contribution in [0.2, 0.25) is 0 Å². The van der Waals surface area contributed by atoms with Gasteiger partial charge in [0.15, 0.2) is 0 Å². The van der Waals surface area contributed by atoms with E-state index in [0.717, 1.165) is 0 Å². The van der Waals surface area contributed by atoms with Gasteiger partial charge in [0.2, 0.25) is 0 Å². The van der Waals surface area contributed by atoms with E-state index in [1.165, 1.54) is 110 Å². The predicted molar refractivity (Wildman–Crippen MR) is 236 cm³/mol. The topological polar surface area (TPSA) is 0 Å². The van der Waals surface area contributed by atoms with E-state index in [4.69, 9.17) is 0 Å². The van der Waals surface area contributed by atoms with Gasteiger partial charge in [0.25, 0.3) is 0 Å². The molecule has 0 heteroatoms. The molecule has 0 aliphatic heterocycles. The van der Waals surface area contributed by atoms with E-state index in [9.17, 15) is 0 Å². The second-order valence-electron chi connectivity index (χ2n) is 15.6. The van der Waals surface area contributed by atoms with Crippen LogP contribution in [-0.4, -0.2) is 0 Å². The van der Waals surface area contributed by atoms with Gasteiger partial charge in [0.05, 0.1) is 0 Å². The zero-order valence-electron chi connectivity index (χ0n) is 31.0. The van der Waals surface area contributed by atoms with Gasteiger partial charge >= 0.3 is 0 Å². The minimum atomic E-state index is -0.0708. The van der Waals surface area contributed by atoms with Crippen molar-refractivity contribution < 1.29 is 0 Å². The third kappa shape index (κ3) is 4.85. The quantitative estimate of drug-likeness (QED) is 0.161. The lowest BCUT2D eigenvalue weighted by Gasteiger charge is -2.22. The Labute approximate surface area is 322 Å². The Kier molecular flexibility index (Phi) is 7.00. The number of fused-ring (bicyclic) bond motifs is 7. The molecule has 0 amide bonds. The van der Waals surface area contributed by atoms with Gasteiger partial charge in [0, 0.05) is 5.41 Å². The van der Waals surface area contributed by atoms with Crippen molar-refractivity contribution in [2.24, 2.45) is 0 Å². The van der Waals surface area contributed by atoms with Crippen molar-refractivity contribution >= 4 is 43.1 Å². The van der Waals surface area contributed by atoms with Crippen LogP contribution in [-0.2, 0) is 5.41 Å². The number of benzene rings is 10. The summed E-state index contributed by atoms with van der Waals surface area (Å²) >= 11 is 0. The number of hydrogen-bond acceptors (Lipinski definition) is 0. The number of hydrogen-bond donors (Lipinski definition) is 0. The molecule has 258 valence electrons. The van der Waals surface area contributed by atoms with Gasteiger partial charge in [0.1, 0.15) is 0 Å². The first-order chi connectivity index (χ1) is 27.0. The first-order valence-electron chi connectivity index (χ1n) is 19.3. The van der Waals surface area contributed by atoms with E-state index < -0.39 is 0 Å². The van der Waals surface area contributed by atoms with Crippen molar-refractivity contribution in [3.63, 3.8) is 0 Å². The first kappa shape index (κ1) is 31.7. The fourth-order valence-corrected chi connectivity index (χ4v) is 9.60. The third-order valence-electron chi connectivity index (χ3n) is 12.2. The zero-order valence-corrected chi connectivity index (χ0v) is 31.0. The standard InChI is InChI=1S/C55H38/c1-55(2)50-27-13-26-44(54(50)49-33-38-15-3-4-16-39(38)34-51(49)55)36-28-30-37(31-29-36)52-45-21-7-9-23-47(45)53(48-24-10-8-22-46(48)52)41-19-11-18-40(32-41)43-25-12-17-35-14-5-6-20-42(35)43/h3-34H,1-2H3. The van der Waals surface area contributed by atoms with E-state index >= 15 is 0 Å². The van der Waals surface area contributed by atoms with Crippen LogP contribution in [0.4, 0.5) is 0 Å². The van der Waals surface area contributed by atoms with Gasteiger partial charge in [-0.2, -0.15) is 0 Å². The van der Waals surface area contributed by atoms with Crippen molar-refractivity contribution in [2.45, 2.75) is 19.3 Å². The van der Waals surface area contributed by atoms with Crippen LogP contribution in [0.15, 0.2) is 194 Å². The summed E-state index contributed by atoms with van der Waals surface area (Å²) in [5.74, 6) is 0. The SMILES string of the molecule is CC1(C)c2cc3ccccc3cc2-c2c(-c3ccc(-c4c5ccccc5c(-c5cccc(-c6cccc7ccccc67)c5)c5ccccc45)cc3)cccc21. The summed E-state index contributed by atoms with van der Waals surface area (Å²) in [6, 6.07) is 72.1. The molecule has 55 heavy (non-hydrogen) atoms. The first-order valence-corrected chi connectivity index (χ1v) is 19.3. The summed E-state index contributed by atoms with van der Waals surface area (Å²) in [6.07, 6.45) is 0. The Morgan fingerprint density at radius 1 is 0.273 bits per heavy atom. The maximum absolute atomic E-state index is 2.41. The Morgan fingerprint density at radius 2 is 0.764 bits per heavy atom. The highest BCUT2D eigenvalue weighted by atomic mass is 14.4. The molecule has 0 atom stereocenters. The summed E-state index contributed by atoms with van der Waals surface area (Å²) in [7, 11) is 0. The van der Waals surface area contributed by atoms with Crippen LogP contribution in [0.1, 0.15) is 25.0 Å².